The van der Waals surface area contributed by atoms with Crippen molar-refractivity contribution in [3.63, 3.8) is 0 Å². The average molecular weight is 356 g/mol. The van der Waals surface area contributed by atoms with Crippen LogP contribution in [0.5, 0.6) is 0 Å². The molecule has 1 N–H and O–H groups in total. The third-order valence-electron chi connectivity index (χ3n) is 4.48. The van der Waals surface area contributed by atoms with Crippen molar-refractivity contribution in [1.82, 2.24) is 4.98 Å². The molecule has 26 heavy (non-hydrogen) atoms. The SMILES string of the molecule is COC(Cc1ccc2c(n1)CO/C2=C1/C(=O)Nc2ccc(F)cc21)OC. The molecule has 1 aromatic heterocycles. The van der Waals surface area contributed by atoms with Gasteiger partial charge in [-0.15, -0.1) is 0 Å². The fourth-order valence-electron chi connectivity index (χ4n) is 3.20. The summed E-state index contributed by atoms with van der Waals surface area (Å²) < 4.78 is 29.8. The van der Waals surface area contributed by atoms with Crippen molar-refractivity contribution in [3.05, 3.63) is 58.7 Å². The van der Waals surface area contributed by atoms with E-state index in [0.717, 1.165) is 17.0 Å². The maximum atomic E-state index is 13.6. The van der Waals surface area contributed by atoms with Crippen LogP contribution >= 0.6 is 0 Å². The zero-order valence-corrected chi connectivity index (χ0v) is 14.3. The van der Waals surface area contributed by atoms with Gasteiger partial charge in [0.05, 0.1) is 11.3 Å². The molecule has 1 amide bonds. The molecular weight excluding hydrogens is 339 g/mol. The molecule has 3 heterocycles. The minimum absolute atomic E-state index is 0.255. The summed E-state index contributed by atoms with van der Waals surface area (Å²) in [5, 5.41) is 2.74. The topological polar surface area (TPSA) is 69.7 Å². The molecule has 2 aromatic rings. The Kier molecular flexibility index (Phi) is 4.18. The second-order valence-corrected chi connectivity index (χ2v) is 6.04. The summed E-state index contributed by atoms with van der Waals surface area (Å²) in [6.07, 6.45) is 0.122. The number of rotatable bonds is 4. The van der Waals surface area contributed by atoms with E-state index in [2.05, 4.69) is 10.3 Å². The summed E-state index contributed by atoms with van der Waals surface area (Å²) in [5.74, 6) is -0.289. The Morgan fingerprint density at radius 3 is 2.81 bits per heavy atom. The average Bonchev–Trinajstić information content (AvgIpc) is 3.18. The van der Waals surface area contributed by atoms with Gasteiger partial charge in [-0.2, -0.15) is 0 Å². The highest BCUT2D eigenvalue weighted by Crippen LogP contribution is 2.41. The number of benzene rings is 1. The third kappa shape index (κ3) is 2.75. The van der Waals surface area contributed by atoms with Gasteiger partial charge >= 0.3 is 0 Å². The molecule has 0 saturated heterocycles. The monoisotopic (exact) mass is 356 g/mol. The summed E-state index contributed by atoms with van der Waals surface area (Å²) in [6, 6.07) is 7.90. The molecule has 0 spiro atoms. The zero-order valence-electron chi connectivity index (χ0n) is 14.3. The Morgan fingerprint density at radius 1 is 1.23 bits per heavy atom. The van der Waals surface area contributed by atoms with Crippen molar-refractivity contribution in [2.75, 3.05) is 19.5 Å². The normalized spacial score (nSPS) is 17.9. The molecule has 1 aromatic carbocycles. The Bertz CT molecular complexity index is 922. The van der Waals surface area contributed by atoms with Crippen molar-refractivity contribution >= 4 is 22.9 Å². The molecule has 134 valence electrons. The minimum Gasteiger partial charge on any atom is -0.486 e. The molecular formula is C19H17FN2O4. The molecule has 6 nitrogen and oxygen atoms in total. The van der Waals surface area contributed by atoms with Crippen LogP contribution in [0.2, 0.25) is 0 Å². The van der Waals surface area contributed by atoms with E-state index in [4.69, 9.17) is 14.2 Å². The Hall–Kier alpha value is -2.77. The number of ether oxygens (including phenoxy) is 3. The number of nitrogens with one attached hydrogen (secondary N) is 1. The molecule has 7 heteroatoms. The van der Waals surface area contributed by atoms with Crippen molar-refractivity contribution in [2.45, 2.75) is 19.3 Å². The lowest BCUT2D eigenvalue weighted by atomic mass is 10.0. The van der Waals surface area contributed by atoms with Gasteiger partial charge in [0.25, 0.3) is 5.91 Å². The smallest absolute Gasteiger partial charge is 0.260 e. The van der Waals surface area contributed by atoms with Crippen LogP contribution in [0.1, 0.15) is 22.5 Å². The van der Waals surface area contributed by atoms with Crippen LogP contribution < -0.4 is 5.32 Å². The first-order valence-corrected chi connectivity index (χ1v) is 8.14. The summed E-state index contributed by atoms with van der Waals surface area (Å²) in [4.78, 5) is 17.0. The molecule has 0 saturated carbocycles. The van der Waals surface area contributed by atoms with Crippen LogP contribution in [-0.4, -0.2) is 31.4 Å². The predicted molar refractivity (Wildman–Crippen MR) is 92.4 cm³/mol. The molecule has 0 radical (unpaired) electrons. The first kappa shape index (κ1) is 16.7. The molecule has 2 aliphatic rings. The first-order chi connectivity index (χ1) is 12.6. The van der Waals surface area contributed by atoms with Crippen LogP contribution in [0.4, 0.5) is 10.1 Å². The standard InChI is InChI=1S/C19H17FN2O4/c1-24-16(25-2)8-11-4-5-12-15(21-11)9-26-18(12)17-13-7-10(20)3-6-14(13)22-19(17)23/h3-7,16H,8-9H2,1-2H3,(H,22,23)/b18-17+. The lowest BCUT2D eigenvalue weighted by Gasteiger charge is -2.12. The Balaban J connectivity index is 1.74. The molecule has 0 unspecified atom stereocenters. The zero-order chi connectivity index (χ0) is 18.3. The van der Waals surface area contributed by atoms with E-state index in [0.29, 0.717) is 29.0 Å². The lowest BCUT2D eigenvalue weighted by Crippen LogP contribution is -2.17. The molecule has 0 atom stereocenters. The van der Waals surface area contributed by atoms with E-state index in [-0.39, 0.29) is 18.8 Å². The van der Waals surface area contributed by atoms with E-state index in [1.165, 1.54) is 12.1 Å². The minimum atomic E-state index is -0.407. The van der Waals surface area contributed by atoms with Crippen molar-refractivity contribution in [1.29, 1.82) is 0 Å². The van der Waals surface area contributed by atoms with Crippen LogP contribution in [0, 0.1) is 5.82 Å². The molecule has 0 bridgehead atoms. The van der Waals surface area contributed by atoms with Gasteiger partial charge in [-0.1, -0.05) is 0 Å². The van der Waals surface area contributed by atoms with Gasteiger partial charge in [0.15, 0.2) is 6.29 Å². The van der Waals surface area contributed by atoms with Gasteiger partial charge in [0, 0.05) is 43.1 Å². The fraction of sp³-hybridized carbons (Fsp3) is 0.263. The van der Waals surface area contributed by atoms with Crippen LogP contribution in [-0.2, 0) is 32.0 Å². The molecule has 0 fully saturated rings. The summed E-state index contributed by atoms with van der Waals surface area (Å²) in [5.41, 5.74) is 3.68. The number of nitrogens with zero attached hydrogens (tertiary/aromatic N) is 1. The van der Waals surface area contributed by atoms with E-state index < -0.39 is 5.82 Å². The lowest BCUT2D eigenvalue weighted by molar-refractivity contribution is -0.110. The summed E-state index contributed by atoms with van der Waals surface area (Å²) in [6.45, 7) is 0.255. The van der Waals surface area contributed by atoms with Crippen LogP contribution in [0.3, 0.4) is 0 Å². The van der Waals surface area contributed by atoms with E-state index in [1.807, 2.05) is 12.1 Å². The van der Waals surface area contributed by atoms with Crippen LogP contribution in [0.15, 0.2) is 30.3 Å². The van der Waals surface area contributed by atoms with Gasteiger partial charge in [0.1, 0.15) is 18.2 Å². The van der Waals surface area contributed by atoms with Gasteiger partial charge in [-0.25, -0.2) is 4.39 Å². The highest BCUT2D eigenvalue weighted by molar-refractivity contribution is 6.36. The van der Waals surface area contributed by atoms with Crippen LogP contribution in [0.25, 0.3) is 11.3 Å². The molecule has 4 rings (SSSR count). The third-order valence-corrected chi connectivity index (χ3v) is 4.48. The van der Waals surface area contributed by atoms with Crippen molar-refractivity contribution < 1.29 is 23.4 Å². The number of fused-ring (bicyclic) bond motifs is 2. The van der Waals surface area contributed by atoms with Crippen molar-refractivity contribution in [3.8, 4) is 0 Å². The quantitative estimate of drug-likeness (QED) is 0.674. The second-order valence-electron chi connectivity index (χ2n) is 6.04. The maximum absolute atomic E-state index is 13.6. The Labute approximate surface area is 149 Å². The van der Waals surface area contributed by atoms with Gasteiger partial charge in [-0.05, 0) is 30.3 Å². The van der Waals surface area contributed by atoms with E-state index >= 15 is 0 Å². The fourth-order valence-corrected chi connectivity index (χ4v) is 3.20. The summed E-state index contributed by atoms with van der Waals surface area (Å²) >= 11 is 0. The number of pyridine rings is 1. The number of aromatic nitrogens is 1. The highest BCUT2D eigenvalue weighted by Gasteiger charge is 2.33. The molecule has 0 aliphatic carbocycles. The van der Waals surface area contributed by atoms with Gasteiger partial charge in [0.2, 0.25) is 0 Å². The highest BCUT2D eigenvalue weighted by atomic mass is 19.1. The summed E-state index contributed by atoms with van der Waals surface area (Å²) in [7, 11) is 3.14. The number of carbonyl (C=O) groups excluding carboxylic acids is 1. The number of amides is 1. The first-order valence-electron chi connectivity index (χ1n) is 8.14. The number of anilines is 1. The number of methoxy groups -OCH3 is 2. The van der Waals surface area contributed by atoms with E-state index in [9.17, 15) is 9.18 Å². The Morgan fingerprint density at radius 2 is 2.04 bits per heavy atom. The molecule has 2 aliphatic heterocycles. The number of halogens is 1. The van der Waals surface area contributed by atoms with Crippen molar-refractivity contribution in [2.24, 2.45) is 0 Å². The second kappa shape index (κ2) is 6.51. The maximum Gasteiger partial charge on any atom is 0.260 e. The van der Waals surface area contributed by atoms with E-state index in [1.54, 1.807) is 20.3 Å². The van der Waals surface area contributed by atoms with Gasteiger partial charge in [-0.3, -0.25) is 9.78 Å². The number of carbonyl (C=O) groups is 1. The number of hydrogen-bond acceptors (Lipinski definition) is 5. The van der Waals surface area contributed by atoms with Gasteiger partial charge < -0.3 is 19.5 Å². The number of hydrogen-bond donors (Lipinski definition) is 1. The predicted octanol–water partition coefficient (Wildman–Crippen LogP) is 2.73. The largest absolute Gasteiger partial charge is 0.486 e.